The smallest absolute Gasteiger partial charge is 0.138 e. The summed E-state index contributed by atoms with van der Waals surface area (Å²) in [5.74, 6) is 0.686. The summed E-state index contributed by atoms with van der Waals surface area (Å²) in [6.07, 6.45) is 4.33. The average Bonchev–Trinajstić information content (AvgIpc) is 2.07. The molecule has 0 radical (unpaired) electrons. The number of hydrogen-bond acceptors (Lipinski definition) is 3. The predicted octanol–water partition coefficient (Wildman–Crippen LogP) is 1.22. The summed E-state index contributed by atoms with van der Waals surface area (Å²) in [5.41, 5.74) is 0.648. The third-order valence-electron chi connectivity index (χ3n) is 4.73. The summed E-state index contributed by atoms with van der Waals surface area (Å²) >= 11 is 0. The summed E-state index contributed by atoms with van der Waals surface area (Å²) in [6.45, 7) is 4.01. The molecular weight excluding hydrogens is 190 g/mol. The number of piperidine rings is 1. The highest BCUT2D eigenvalue weighted by atomic mass is 16.5. The Balaban J connectivity index is 1.64. The fourth-order valence-electron chi connectivity index (χ4n) is 3.64. The van der Waals surface area contributed by atoms with Crippen LogP contribution in [0.3, 0.4) is 0 Å². The van der Waals surface area contributed by atoms with E-state index < -0.39 is 0 Å². The van der Waals surface area contributed by atoms with Gasteiger partial charge in [0.25, 0.3) is 0 Å². The number of carbonyl (C=O) groups is 1. The number of nitrogens with zero attached hydrogens (tertiary/aromatic N) is 1. The van der Waals surface area contributed by atoms with Crippen molar-refractivity contribution in [1.29, 1.82) is 0 Å². The second-order valence-corrected chi connectivity index (χ2v) is 5.71. The number of methoxy groups -OCH3 is 1. The van der Waals surface area contributed by atoms with E-state index in [2.05, 4.69) is 11.8 Å². The van der Waals surface area contributed by atoms with Crippen molar-refractivity contribution >= 4 is 5.78 Å². The van der Waals surface area contributed by atoms with Crippen molar-refractivity contribution in [3.8, 4) is 0 Å². The number of likely N-dealkylation sites (tertiary alicyclic amines) is 1. The van der Waals surface area contributed by atoms with E-state index >= 15 is 0 Å². The van der Waals surface area contributed by atoms with Gasteiger partial charge < -0.3 is 4.74 Å². The van der Waals surface area contributed by atoms with Crippen LogP contribution in [-0.4, -0.2) is 42.0 Å². The summed E-state index contributed by atoms with van der Waals surface area (Å²) in [6, 6.07) is 0. The Bertz CT molecular complexity index is 293. The van der Waals surface area contributed by atoms with E-state index in [1.54, 1.807) is 0 Å². The number of Topliss-reactive ketones (excluding diaryl/α,β-unsaturated/α-hetero) is 1. The summed E-state index contributed by atoms with van der Waals surface area (Å²) in [4.78, 5) is 14.0. The Morgan fingerprint density at radius 2 is 2.07 bits per heavy atom. The second kappa shape index (κ2) is 2.83. The molecule has 0 aromatic carbocycles. The molecule has 3 heteroatoms. The highest BCUT2D eigenvalue weighted by Gasteiger charge is 2.71. The van der Waals surface area contributed by atoms with Crippen LogP contribution in [0.25, 0.3) is 0 Å². The summed E-state index contributed by atoms with van der Waals surface area (Å²) in [5, 5.41) is 0. The van der Waals surface area contributed by atoms with Gasteiger partial charge in [0.15, 0.2) is 0 Å². The number of ketones is 1. The van der Waals surface area contributed by atoms with Crippen LogP contribution in [-0.2, 0) is 9.53 Å². The van der Waals surface area contributed by atoms with Gasteiger partial charge in [-0.1, -0.05) is 6.92 Å². The van der Waals surface area contributed by atoms with Crippen LogP contribution >= 0.6 is 0 Å². The fraction of sp³-hybridized carbons (Fsp3) is 0.917. The van der Waals surface area contributed by atoms with Crippen molar-refractivity contribution in [2.75, 3.05) is 20.2 Å². The molecule has 0 aromatic rings. The first-order valence-electron chi connectivity index (χ1n) is 5.92. The molecule has 0 N–H and O–H groups in total. The minimum absolute atomic E-state index is 0.227. The standard InChI is InChI=1S/C12H19NO2/c1-9-5-13(4-3-10(9)14)11-6-12(7-11,8-11)15-2/h9H,3-8H2,1-2H3. The van der Waals surface area contributed by atoms with Gasteiger partial charge in [0.2, 0.25) is 0 Å². The topological polar surface area (TPSA) is 29.5 Å². The number of rotatable bonds is 2. The SMILES string of the molecule is COC12CC(N3CCC(=O)C(C)C3)(C1)C2. The Labute approximate surface area is 90.8 Å². The lowest BCUT2D eigenvalue weighted by molar-refractivity contribution is -0.282. The molecule has 3 aliphatic carbocycles. The lowest BCUT2D eigenvalue weighted by atomic mass is 9.45. The van der Waals surface area contributed by atoms with Crippen molar-refractivity contribution in [2.45, 2.75) is 43.7 Å². The summed E-state index contributed by atoms with van der Waals surface area (Å²) in [7, 11) is 1.82. The van der Waals surface area contributed by atoms with Crippen LogP contribution in [0.15, 0.2) is 0 Å². The molecule has 3 saturated carbocycles. The minimum atomic E-state index is 0.227. The molecular formula is C12H19NO2. The van der Waals surface area contributed by atoms with Gasteiger partial charge in [-0.3, -0.25) is 9.69 Å². The number of carbonyl (C=O) groups excluding carboxylic acids is 1. The lowest BCUT2D eigenvalue weighted by Crippen LogP contribution is -2.80. The van der Waals surface area contributed by atoms with E-state index in [9.17, 15) is 4.79 Å². The van der Waals surface area contributed by atoms with E-state index in [0.29, 0.717) is 11.3 Å². The Morgan fingerprint density at radius 1 is 1.40 bits per heavy atom. The predicted molar refractivity (Wildman–Crippen MR) is 56.7 cm³/mol. The van der Waals surface area contributed by atoms with Crippen LogP contribution in [0.5, 0.6) is 0 Å². The first kappa shape index (κ1) is 9.79. The largest absolute Gasteiger partial charge is 0.378 e. The molecule has 1 heterocycles. The highest BCUT2D eigenvalue weighted by Crippen LogP contribution is 2.65. The molecule has 0 spiro atoms. The zero-order valence-corrected chi connectivity index (χ0v) is 9.58. The molecule has 84 valence electrons. The normalized spacial score (nSPS) is 49.7. The molecule has 3 nitrogen and oxygen atoms in total. The highest BCUT2D eigenvalue weighted by molar-refractivity contribution is 5.81. The van der Waals surface area contributed by atoms with Crippen molar-refractivity contribution in [3.63, 3.8) is 0 Å². The third-order valence-corrected chi connectivity index (χ3v) is 4.73. The van der Waals surface area contributed by atoms with E-state index in [0.717, 1.165) is 19.5 Å². The fourth-order valence-corrected chi connectivity index (χ4v) is 3.64. The molecule has 4 aliphatic rings. The zero-order chi connectivity index (χ0) is 10.7. The molecule has 4 rings (SSSR count). The molecule has 2 bridgehead atoms. The lowest BCUT2D eigenvalue weighted by Gasteiger charge is -2.73. The van der Waals surface area contributed by atoms with Gasteiger partial charge in [-0.05, 0) is 19.3 Å². The van der Waals surface area contributed by atoms with Crippen LogP contribution in [0.4, 0.5) is 0 Å². The Morgan fingerprint density at radius 3 is 2.60 bits per heavy atom. The van der Waals surface area contributed by atoms with Crippen LogP contribution < -0.4 is 0 Å². The molecule has 4 fully saturated rings. The van der Waals surface area contributed by atoms with Gasteiger partial charge in [0.05, 0.1) is 5.60 Å². The number of ether oxygens (including phenoxy) is 1. The van der Waals surface area contributed by atoms with Gasteiger partial charge in [-0.25, -0.2) is 0 Å². The number of hydrogen-bond donors (Lipinski definition) is 0. The molecule has 0 aromatic heterocycles. The van der Waals surface area contributed by atoms with Crippen molar-refractivity contribution < 1.29 is 9.53 Å². The van der Waals surface area contributed by atoms with Crippen molar-refractivity contribution in [2.24, 2.45) is 5.92 Å². The van der Waals surface area contributed by atoms with E-state index in [1.807, 2.05) is 7.11 Å². The first-order valence-corrected chi connectivity index (χ1v) is 5.92. The van der Waals surface area contributed by atoms with Gasteiger partial charge in [0.1, 0.15) is 5.78 Å². The maximum Gasteiger partial charge on any atom is 0.138 e. The van der Waals surface area contributed by atoms with E-state index in [1.165, 1.54) is 19.3 Å². The monoisotopic (exact) mass is 209 g/mol. The van der Waals surface area contributed by atoms with Crippen molar-refractivity contribution in [3.05, 3.63) is 0 Å². The molecule has 0 amide bonds. The van der Waals surface area contributed by atoms with Gasteiger partial charge >= 0.3 is 0 Å². The quantitative estimate of drug-likeness (QED) is 0.685. The first-order chi connectivity index (χ1) is 7.09. The van der Waals surface area contributed by atoms with E-state index in [4.69, 9.17) is 4.74 Å². The molecule has 15 heavy (non-hydrogen) atoms. The Kier molecular flexibility index (Phi) is 1.85. The molecule has 1 saturated heterocycles. The summed E-state index contributed by atoms with van der Waals surface area (Å²) < 4.78 is 5.51. The second-order valence-electron chi connectivity index (χ2n) is 5.71. The Hall–Kier alpha value is -0.410. The third kappa shape index (κ3) is 1.16. The van der Waals surface area contributed by atoms with Gasteiger partial charge in [-0.15, -0.1) is 0 Å². The minimum Gasteiger partial charge on any atom is -0.378 e. The maximum atomic E-state index is 11.5. The maximum absolute atomic E-state index is 11.5. The van der Waals surface area contributed by atoms with Crippen LogP contribution in [0.1, 0.15) is 32.6 Å². The van der Waals surface area contributed by atoms with Crippen LogP contribution in [0, 0.1) is 5.92 Å². The van der Waals surface area contributed by atoms with Gasteiger partial charge in [0, 0.05) is 38.1 Å². The molecule has 1 unspecified atom stereocenters. The van der Waals surface area contributed by atoms with Crippen LogP contribution in [0.2, 0.25) is 0 Å². The van der Waals surface area contributed by atoms with Crippen molar-refractivity contribution in [1.82, 2.24) is 4.90 Å². The van der Waals surface area contributed by atoms with E-state index in [-0.39, 0.29) is 11.5 Å². The average molecular weight is 209 g/mol. The molecule has 1 aliphatic heterocycles. The van der Waals surface area contributed by atoms with Gasteiger partial charge in [-0.2, -0.15) is 0 Å². The molecule has 1 atom stereocenters. The zero-order valence-electron chi connectivity index (χ0n) is 9.58.